The highest BCUT2D eigenvalue weighted by Crippen LogP contribution is 2.41. The highest BCUT2D eigenvalue weighted by atomic mass is 35.5. The lowest BCUT2D eigenvalue weighted by Gasteiger charge is -2.19. The van der Waals surface area contributed by atoms with Crippen molar-refractivity contribution in [2.45, 2.75) is 52.1 Å². The van der Waals surface area contributed by atoms with E-state index in [-0.39, 0.29) is 30.2 Å². The fraction of sp³-hybridized carbons (Fsp3) is 0.522. The molecule has 6 rings (SSSR count). The summed E-state index contributed by atoms with van der Waals surface area (Å²) in [5.41, 5.74) is 2.48. The van der Waals surface area contributed by atoms with Crippen LogP contribution in [0, 0.1) is 5.92 Å². The highest BCUT2D eigenvalue weighted by Gasteiger charge is 2.35. The van der Waals surface area contributed by atoms with Crippen LogP contribution in [0.15, 0.2) is 33.1 Å². The normalized spacial score (nSPS) is 18.9. The summed E-state index contributed by atoms with van der Waals surface area (Å²) in [6.07, 6.45) is 7.44. The van der Waals surface area contributed by atoms with Gasteiger partial charge >= 0.3 is 5.69 Å². The fourth-order valence-corrected chi connectivity index (χ4v) is 5.82. The molecule has 1 saturated heterocycles. The molecule has 1 aliphatic carbocycles. The molecule has 3 aromatic rings. The van der Waals surface area contributed by atoms with Crippen LogP contribution in [0.2, 0.25) is 0 Å². The molecule has 12 heteroatoms. The molecule has 3 aromatic heterocycles. The lowest BCUT2D eigenvalue weighted by Crippen LogP contribution is -2.40. The first kappa shape index (κ1) is 23.8. The van der Waals surface area contributed by atoms with Crippen molar-refractivity contribution in [1.82, 2.24) is 34.2 Å². The lowest BCUT2D eigenvalue weighted by atomic mass is 10.1. The molecular weight excluding hydrogens is 488 g/mol. The quantitative estimate of drug-likeness (QED) is 0.501. The third-order valence-electron chi connectivity index (χ3n) is 6.88. The van der Waals surface area contributed by atoms with Gasteiger partial charge < -0.3 is 14.8 Å². The Morgan fingerprint density at radius 3 is 2.71 bits per heavy atom. The van der Waals surface area contributed by atoms with Crippen molar-refractivity contribution in [3.8, 4) is 0 Å². The molecule has 0 amide bonds. The number of hydrogen-bond acceptors (Lipinski definition) is 8. The number of imidazole rings is 1. The van der Waals surface area contributed by atoms with Crippen LogP contribution in [-0.2, 0) is 20.1 Å². The Hall–Kier alpha value is -2.92. The monoisotopic (exact) mass is 516 g/mol. The zero-order valence-corrected chi connectivity index (χ0v) is 21.7. The summed E-state index contributed by atoms with van der Waals surface area (Å²) in [5.74, 6) is 1.65. The van der Waals surface area contributed by atoms with E-state index >= 15 is 0 Å². The molecule has 186 valence electrons. The smallest absolute Gasteiger partial charge is 0.332 e. The molecule has 5 heterocycles. The molecule has 0 radical (unpaired) electrons. The molecule has 3 aliphatic rings. The molecule has 0 spiro atoms. The molecular formula is C23H29ClN8O2S. The van der Waals surface area contributed by atoms with Crippen LogP contribution >= 0.6 is 23.7 Å². The third-order valence-corrected chi connectivity index (χ3v) is 7.95. The number of anilines is 1. The van der Waals surface area contributed by atoms with E-state index in [1.54, 1.807) is 7.05 Å². The molecule has 1 unspecified atom stereocenters. The maximum absolute atomic E-state index is 13.8. The van der Waals surface area contributed by atoms with Crippen LogP contribution in [0.3, 0.4) is 0 Å². The Balaban J connectivity index is 0.00000253. The minimum absolute atomic E-state index is 0. The van der Waals surface area contributed by atoms with Gasteiger partial charge in [0.1, 0.15) is 10.0 Å². The highest BCUT2D eigenvalue weighted by molar-refractivity contribution is 7.11. The molecule has 0 bridgehead atoms. The number of allylic oxidation sites excluding steroid dienone is 2. The zero-order valence-electron chi connectivity index (χ0n) is 20.0. The molecule has 0 aromatic carbocycles. The minimum atomic E-state index is -0.389. The lowest BCUT2D eigenvalue weighted by molar-refractivity contribution is 0.647. The number of rotatable bonds is 6. The minimum Gasteiger partial charge on any atom is -0.389 e. The van der Waals surface area contributed by atoms with E-state index in [9.17, 15) is 9.59 Å². The van der Waals surface area contributed by atoms with E-state index in [4.69, 9.17) is 4.98 Å². The standard InChI is InChI=1S/C23H28N8O2S.ClH/c1-13(2)6-8-30-18-19(25-22(30)29-9-7-15-10-24-11-16(15)29)28(3)23(33)31(21(18)32)12-17-26-27-20(34-17)14-4-5-14;/h6,11,14-15,24H,4-5,7-10,12H2,1-3H3;1H. The first-order valence-electron chi connectivity index (χ1n) is 11.8. The Kier molecular flexibility index (Phi) is 6.08. The topological polar surface area (TPSA) is 103 Å². The van der Waals surface area contributed by atoms with Gasteiger partial charge in [-0.05, 0) is 33.1 Å². The van der Waals surface area contributed by atoms with Crippen LogP contribution in [0.1, 0.15) is 49.0 Å². The average Bonchev–Trinajstić information content (AvgIpc) is 3.17. The fourth-order valence-electron chi connectivity index (χ4n) is 4.82. The number of hydrogen-bond donors (Lipinski definition) is 1. The largest absolute Gasteiger partial charge is 0.389 e. The van der Waals surface area contributed by atoms with Crippen LogP contribution in [0.4, 0.5) is 5.95 Å². The molecule has 2 aliphatic heterocycles. The van der Waals surface area contributed by atoms with Gasteiger partial charge in [-0.3, -0.25) is 13.9 Å². The number of aromatic nitrogens is 6. The Morgan fingerprint density at radius 1 is 1.17 bits per heavy atom. The van der Waals surface area contributed by atoms with E-state index in [0.717, 1.165) is 42.9 Å². The maximum atomic E-state index is 13.8. The van der Waals surface area contributed by atoms with Gasteiger partial charge in [0.15, 0.2) is 11.2 Å². The predicted octanol–water partition coefficient (Wildman–Crippen LogP) is 2.33. The van der Waals surface area contributed by atoms with Gasteiger partial charge in [0.25, 0.3) is 5.56 Å². The molecule has 1 saturated carbocycles. The summed E-state index contributed by atoms with van der Waals surface area (Å²) in [4.78, 5) is 34.0. The average molecular weight is 517 g/mol. The van der Waals surface area contributed by atoms with Crippen molar-refractivity contribution in [1.29, 1.82) is 0 Å². The maximum Gasteiger partial charge on any atom is 0.332 e. The van der Waals surface area contributed by atoms with Gasteiger partial charge in [-0.1, -0.05) is 23.0 Å². The van der Waals surface area contributed by atoms with Crippen molar-refractivity contribution in [2.24, 2.45) is 13.0 Å². The summed E-state index contributed by atoms with van der Waals surface area (Å²) >= 11 is 1.50. The first-order chi connectivity index (χ1) is 16.4. The summed E-state index contributed by atoms with van der Waals surface area (Å²) in [6.45, 7) is 6.47. The summed E-state index contributed by atoms with van der Waals surface area (Å²) in [7, 11) is 1.68. The number of halogens is 1. The van der Waals surface area contributed by atoms with E-state index in [0.29, 0.717) is 40.5 Å². The van der Waals surface area contributed by atoms with Crippen molar-refractivity contribution >= 4 is 40.9 Å². The Bertz CT molecular complexity index is 1470. The third kappa shape index (κ3) is 4.00. The van der Waals surface area contributed by atoms with Crippen LogP contribution in [0.5, 0.6) is 0 Å². The van der Waals surface area contributed by atoms with Gasteiger partial charge in [-0.15, -0.1) is 22.6 Å². The number of nitrogens with one attached hydrogen (secondary N) is 1. The van der Waals surface area contributed by atoms with Gasteiger partial charge in [0.2, 0.25) is 5.95 Å². The summed E-state index contributed by atoms with van der Waals surface area (Å²) in [6, 6.07) is 0. The van der Waals surface area contributed by atoms with Crippen LogP contribution in [0.25, 0.3) is 11.2 Å². The second kappa shape index (κ2) is 8.94. The summed E-state index contributed by atoms with van der Waals surface area (Å²) in [5, 5.41) is 13.5. The van der Waals surface area contributed by atoms with Gasteiger partial charge in [0.05, 0.1) is 6.54 Å². The molecule has 10 nitrogen and oxygen atoms in total. The Morgan fingerprint density at radius 2 is 1.97 bits per heavy atom. The summed E-state index contributed by atoms with van der Waals surface area (Å²) < 4.78 is 4.71. The second-order valence-electron chi connectivity index (χ2n) is 9.63. The van der Waals surface area contributed by atoms with Crippen molar-refractivity contribution in [3.05, 3.63) is 54.4 Å². The number of fused-ring (bicyclic) bond motifs is 2. The number of nitrogens with zero attached hydrogens (tertiary/aromatic N) is 7. The van der Waals surface area contributed by atoms with Gasteiger partial charge in [-0.2, -0.15) is 4.98 Å². The predicted molar refractivity (Wildman–Crippen MR) is 138 cm³/mol. The van der Waals surface area contributed by atoms with Crippen LogP contribution < -0.4 is 21.5 Å². The molecule has 2 fully saturated rings. The van der Waals surface area contributed by atoms with Crippen molar-refractivity contribution in [3.63, 3.8) is 0 Å². The van der Waals surface area contributed by atoms with Gasteiger partial charge in [0, 0.05) is 50.4 Å². The van der Waals surface area contributed by atoms with E-state index in [1.807, 2.05) is 24.6 Å². The molecule has 1 atom stereocenters. The molecule has 1 N–H and O–H groups in total. The zero-order chi connectivity index (χ0) is 23.6. The van der Waals surface area contributed by atoms with E-state index in [2.05, 4.69) is 26.5 Å². The molecule has 35 heavy (non-hydrogen) atoms. The second-order valence-corrected chi connectivity index (χ2v) is 10.7. The van der Waals surface area contributed by atoms with Crippen molar-refractivity contribution in [2.75, 3.05) is 18.0 Å². The van der Waals surface area contributed by atoms with E-state index < -0.39 is 0 Å². The SMILES string of the molecule is CC(C)=CCn1c(N2CCC3CNC=C32)nc2c1c(=O)n(Cc1nnc(C3CC3)s1)c(=O)n2C.Cl. The van der Waals surface area contributed by atoms with Gasteiger partial charge in [-0.25, -0.2) is 4.79 Å². The van der Waals surface area contributed by atoms with Crippen molar-refractivity contribution < 1.29 is 0 Å². The number of aryl methyl sites for hydroxylation is 1. The van der Waals surface area contributed by atoms with E-state index in [1.165, 1.54) is 26.2 Å². The first-order valence-corrected chi connectivity index (χ1v) is 12.6. The van der Waals surface area contributed by atoms with Crippen LogP contribution in [-0.4, -0.2) is 42.0 Å². The Labute approximate surface area is 212 Å².